The van der Waals surface area contributed by atoms with Crippen LogP contribution in [0, 0.1) is 6.92 Å². The summed E-state index contributed by atoms with van der Waals surface area (Å²) in [7, 11) is 0. The molecule has 7 nitrogen and oxygen atoms in total. The minimum atomic E-state index is -0.166. The highest BCUT2D eigenvalue weighted by atomic mass is 32.1. The van der Waals surface area contributed by atoms with Crippen molar-refractivity contribution in [2.24, 2.45) is 0 Å². The van der Waals surface area contributed by atoms with Gasteiger partial charge < -0.3 is 10.2 Å². The Labute approximate surface area is 205 Å². The van der Waals surface area contributed by atoms with E-state index in [2.05, 4.69) is 10.3 Å². The quantitative estimate of drug-likeness (QED) is 0.386. The minimum absolute atomic E-state index is 0.0282. The number of thiazole rings is 2. The largest absolute Gasteiger partial charge is 0.349 e. The van der Waals surface area contributed by atoms with Crippen molar-refractivity contribution in [1.82, 2.24) is 24.6 Å². The molecule has 0 unspecified atom stereocenters. The van der Waals surface area contributed by atoms with E-state index in [0.29, 0.717) is 36.1 Å². The highest BCUT2D eigenvalue weighted by Crippen LogP contribution is 2.45. The number of fused-ring (bicyclic) bond motifs is 1. The van der Waals surface area contributed by atoms with Gasteiger partial charge in [0.1, 0.15) is 11.4 Å². The van der Waals surface area contributed by atoms with Crippen molar-refractivity contribution in [2.45, 2.75) is 44.6 Å². The summed E-state index contributed by atoms with van der Waals surface area (Å²) in [4.78, 5) is 39.6. The van der Waals surface area contributed by atoms with Gasteiger partial charge in [-0.05, 0) is 38.2 Å². The summed E-state index contributed by atoms with van der Waals surface area (Å²) in [5.74, 6) is 0.302. The Morgan fingerprint density at radius 3 is 2.68 bits per heavy atom. The van der Waals surface area contributed by atoms with Crippen molar-refractivity contribution in [3.63, 3.8) is 0 Å². The standard InChI is InChI=1S/C25H25N5O2S2/c1-15-20(30-13-14-33-25(30)27-15)22(31)26-11-12-29(18-9-10-18)24(32)19-21(16-5-3-2-4-6-16)34-23(28-19)17-7-8-17/h2-6,13-14,17-18H,7-12H2,1H3,(H,26,31). The molecule has 34 heavy (non-hydrogen) atoms. The van der Waals surface area contributed by atoms with Crippen LogP contribution in [0.25, 0.3) is 15.4 Å². The lowest BCUT2D eigenvalue weighted by atomic mass is 10.1. The van der Waals surface area contributed by atoms with Crippen molar-refractivity contribution >= 4 is 39.4 Å². The average molecular weight is 492 g/mol. The molecule has 0 bridgehead atoms. The number of carbonyl (C=O) groups is 2. The van der Waals surface area contributed by atoms with Crippen LogP contribution in [-0.4, -0.2) is 50.2 Å². The Balaban J connectivity index is 1.20. The molecule has 0 radical (unpaired) electrons. The highest BCUT2D eigenvalue weighted by Gasteiger charge is 2.37. The maximum absolute atomic E-state index is 13.7. The van der Waals surface area contributed by atoms with Gasteiger partial charge in [-0.1, -0.05) is 30.3 Å². The number of nitrogens with zero attached hydrogens (tertiary/aromatic N) is 4. The van der Waals surface area contributed by atoms with Gasteiger partial charge in [-0.2, -0.15) is 0 Å². The molecule has 2 amide bonds. The molecule has 4 aromatic rings. The molecular weight excluding hydrogens is 466 g/mol. The van der Waals surface area contributed by atoms with Gasteiger partial charge in [-0.25, -0.2) is 9.97 Å². The maximum Gasteiger partial charge on any atom is 0.274 e. The lowest BCUT2D eigenvalue weighted by Crippen LogP contribution is -2.40. The van der Waals surface area contributed by atoms with E-state index in [9.17, 15) is 9.59 Å². The van der Waals surface area contributed by atoms with E-state index in [0.717, 1.165) is 46.1 Å². The van der Waals surface area contributed by atoms with Crippen LogP contribution in [0.2, 0.25) is 0 Å². The number of hydrogen-bond donors (Lipinski definition) is 1. The van der Waals surface area contributed by atoms with Gasteiger partial charge >= 0.3 is 0 Å². The molecule has 2 fully saturated rings. The number of rotatable bonds is 8. The molecule has 1 N–H and O–H groups in total. The molecule has 0 saturated heterocycles. The zero-order valence-electron chi connectivity index (χ0n) is 18.9. The molecule has 3 aromatic heterocycles. The number of amides is 2. The Hall–Kier alpha value is -3.04. The van der Waals surface area contributed by atoms with Gasteiger partial charge in [-0.15, -0.1) is 22.7 Å². The second-order valence-electron chi connectivity index (χ2n) is 8.96. The maximum atomic E-state index is 13.7. The molecule has 2 aliphatic carbocycles. The van der Waals surface area contributed by atoms with Crippen molar-refractivity contribution in [2.75, 3.05) is 13.1 Å². The molecule has 2 aliphatic rings. The monoisotopic (exact) mass is 491 g/mol. The summed E-state index contributed by atoms with van der Waals surface area (Å²) >= 11 is 3.16. The van der Waals surface area contributed by atoms with Gasteiger partial charge in [-0.3, -0.25) is 14.0 Å². The van der Waals surface area contributed by atoms with Crippen LogP contribution in [0.4, 0.5) is 0 Å². The van der Waals surface area contributed by atoms with E-state index in [1.54, 1.807) is 11.3 Å². The van der Waals surface area contributed by atoms with Gasteiger partial charge in [0.2, 0.25) is 0 Å². The predicted molar refractivity (Wildman–Crippen MR) is 134 cm³/mol. The van der Waals surface area contributed by atoms with Crippen molar-refractivity contribution in [3.05, 3.63) is 64.0 Å². The number of nitrogens with one attached hydrogen (secondary N) is 1. The number of benzene rings is 1. The molecule has 2 saturated carbocycles. The summed E-state index contributed by atoms with van der Waals surface area (Å²) < 4.78 is 1.82. The summed E-state index contributed by atoms with van der Waals surface area (Å²) in [6.07, 6.45) is 6.16. The number of aromatic nitrogens is 3. The predicted octanol–water partition coefficient (Wildman–Crippen LogP) is 4.74. The summed E-state index contributed by atoms with van der Waals surface area (Å²) in [6.45, 7) is 2.70. The zero-order valence-corrected chi connectivity index (χ0v) is 20.5. The first-order chi connectivity index (χ1) is 16.6. The van der Waals surface area contributed by atoms with E-state index in [-0.39, 0.29) is 17.9 Å². The second-order valence-corrected chi connectivity index (χ2v) is 10.9. The number of aryl methyl sites for hydroxylation is 1. The van der Waals surface area contributed by atoms with E-state index < -0.39 is 0 Å². The fraction of sp³-hybridized carbons (Fsp3) is 0.360. The van der Waals surface area contributed by atoms with Crippen LogP contribution >= 0.6 is 22.7 Å². The fourth-order valence-electron chi connectivity index (χ4n) is 4.29. The third kappa shape index (κ3) is 4.03. The van der Waals surface area contributed by atoms with Crippen LogP contribution in [0.5, 0.6) is 0 Å². The average Bonchev–Trinajstić information content (AvgIpc) is 3.75. The number of hydrogen-bond acceptors (Lipinski definition) is 6. The highest BCUT2D eigenvalue weighted by molar-refractivity contribution is 7.15. The molecule has 9 heteroatoms. The molecular formula is C25H25N5O2S2. The Bertz CT molecular complexity index is 1360. The summed E-state index contributed by atoms with van der Waals surface area (Å²) in [5.41, 5.74) is 2.86. The first kappa shape index (κ1) is 21.5. The SMILES string of the molecule is Cc1nc2sccn2c1C(=O)NCCN(C(=O)c1nc(C2CC2)sc1-c1ccccc1)C1CC1. The molecule has 0 atom stereocenters. The van der Waals surface area contributed by atoms with Crippen molar-refractivity contribution < 1.29 is 9.59 Å². The Morgan fingerprint density at radius 1 is 1.15 bits per heavy atom. The van der Waals surface area contributed by atoms with Crippen LogP contribution in [0.15, 0.2) is 41.9 Å². The lowest BCUT2D eigenvalue weighted by Gasteiger charge is -2.22. The van der Waals surface area contributed by atoms with Crippen LogP contribution < -0.4 is 5.32 Å². The van der Waals surface area contributed by atoms with E-state index in [1.165, 1.54) is 11.3 Å². The number of imidazole rings is 1. The third-order valence-electron chi connectivity index (χ3n) is 6.35. The second kappa shape index (κ2) is 8.63. The normalized spacial score (nSPS) is 15.6. The molecule has 1 aromatic carbocycles. The van der Waals surface area contributed by atoms with Crippen LogP contribution in [0.1, 0.15) is 63.3 Å². The smallest absolute Gasteiger partial charge is 0.274 e. The van der Waals surface area contributed by atoms with E-state index >= 15 is 0 Å². The van der Waals surface area contributed by atoms with Gasteiger partial charge in [0.05, 0.1) is 15.6 Å². The molecule has 0 aliphatic heterocycles. The van der Waals surface area contributed by atoms with Gasteiger partial charge in [0.25, 0.3) is 11.8 Å². The molecule has 0 spiro atoms. The lowest BCUT2D eigenvalue weighted by molar-refractivity contribution is 0.0731. The van der Waals surface area contributed by atoms with Gasteiger partial charge in [0.15, 0.2) is 4.96 Å². The van der Waals surface area contributed by atoms with Crippen molar-refractivity contribution in [1.29, 1.82) is 0 Å². The van der Waals surface area contributed by atoms with Crippen LogP contribution in [-0.2, 0) is 0 Å². The van der Waals surface area contributed by atoms with Crippen molar-refractivity contribution in [3.8, 4) is 10.4 Å². The van der Waals surface area contributed by atoms with E-state index in [1.807, 2.05) is 58.1 Å². The summed E-state index contributed by atoms with van der Waals surface area (Å²) in [6, 6.07) is 10.3. The third-order valence-corrected chi connectivity index (χ3v) is 8.37. The summed E-state index contributed by atoms with van der Waals surface area (Å²) in [5, 5.41) is 5.99. The molecule has 174 valence electrons. The zero-order chi connectivity index (χ0) is 23.2. The first-order valence-electron chi connectivity index (χ1n) is 11.7. The Morgan fingerprint density at radius 2 is 1.94 bits per heavy atom. The van der Waals surface area contributed by atoms with Gasteiger partial charge in [0, 0.05) is 36.6 Å². The topological polar surface area (TPSA) is 79.6 Å². The molecule has 3 heterocycles. The fourth-order valence-corrected chi connectivity index (χ4v) is 6.28. The Kier molecular flexibility index (Phi) is 5.45. The minimum Gasteiger partial charge on any atom is -0.349 e. The van der Waals surface area contributed by atoms with Crippen LogP contribution in [0.3, 0.4) is 0 Å². The molecule has 6 rings (SSSR count). The number of carbonyl (C=O) groups excluding carboxylic acids is 2. The van der Waals surface area contributed by atoms with E-state index in [4.69, 9.17) is 4.98 Å². The first-order valence-corrected chi connectivity index (χ1v) is 13.4.